The van der Waals surface area contributed by atoms with Crippen molar-refractivity contribution in [1.82, 2.24) is 0 Å². The van der Waals surface area contributed by atoms with Crippen molar-refractivity contribution in [3.8, 4) is 5.75 Å². The molecule has 0 radical (unpaired) electrons. The molecular weight excluding hydrogens is 336 g/mol. The second-order valence-corrected chi connectivity index (χ2v) is 5.77. The summed E-state index contributed by atoms with van der Waals surface area (Å²) in [6.07, 6.45) is 0. The number of rotatable bonds is 3. The van der Waals surface area contributed by atoms with Gasteiger partial charge in [-0.1, -0.05) is 24.3 Å². The molecule has 1 aliphatic heterocycles. The summed E-state index contributed by atoms with van der Waals surface area (Å²) in [6.45, 7) is 0. The smallest absolute Gasteiger partial charge is 0.270 e. The van der Waals surface area contributed by atoms with Crippen LogP contribution < -0.4 is 9.64 Å². The van der Waals surface area contributed by atoms with Crippen LogP contribution in [0.15, 0.2) is 54.6 Å². The Hall–Kier alpha value is -3.74. The molecule has 0 aromatic heterocycles. The summed E-state index contributed by atoms with van der Waals surface area (Å²) in [5.41, 5.74) is 0.527. The van der Waals surface area contributed by atoms with Gasteiger partial charge in [0.25, 0.3) is 17.5 Å². The van der Waals surface area contributed by atoms with E-state index in [0.717, 1.165) is 4.90 Å². The Morgan fingerprint density at radius 1 is 0.962 bits per heavy atom. The zero-order chi connectivity index (χ0) is 18.4. The Bertz CT molecular complexity index is 1110. The molecule has 0 saturated heterocycles. The van der Waals surface area contributed by atoms with Gasteiger partial charge in [0.2, 0.25) is 0 Å². The van der Waals surface area contributed by atoms with Gasteiger partial charge in [-0.15, -0.1) is 0 Å². The summed E-state index contributed by atoms with van der Waals surface area (Å²) in [5, 5.41) is 12.1. The molecule has 7 heteroatoms. The number of carbonyl (C=O) groups is 2. The maximum absolute atomic E-state index is 13.1. The maximum Gasteiger partial charge on any atom is 0.270 e. The standard InChI is InChI=1S/C19H12N2O5/c1-26-16-8-3-2-7-15(16)20-18(22)13-6-4-5-11-9-12(21(24)25)10-14(17(11)13)19(20)23/h2-10H,1H3. The van der Waals surface area contributed by atoms with E-state index in [0.29, 0.717) is 27.8 Å². The summed E-state index contributed by atoms with van der Waals surface area (Å²) in [5.74, 6) is -0.756. The van der Waals surface area contributed by atoms with E-state index in [1.807, 2.05) is 0 Å². The number of nitro benzene ring substituents is 1. The summed E-state index contributed by atoms with van der Waals surface area (Å²) in [4.78, 5) is 37.8. The van der Waals surface area contributed by atoms with E-state index in [4.69, 9.17) is 4.74 Å². The minimum Gasteiger partial charge on any atom is -0.495 e. The first-order valence-electron chi connectivity index (χ1n) is 7.76. The van der Waals surface area contributed by atoms with E-state index < -0.39 is 16.7 Å². The molecule has 0 fully saturated rings. The lowest BCUT2D eigenvalue weighted by atomic mass is 9.93. The van der Waals surface area contributed by atoms with Crippen LogP contribution in [0.3, 0.4) is 0 Å². The highest BCUT2D eigenvalue weighted by molar-refractivity contribution is 6.36. The summed E-state index contributed by atoms with van der Waals surface area (Å²) in [7, 11) is 1.44. The van der Waals surface area contributed by atoms with E-state index in [1.54, 1.807) is 42.5 Å². The number of non-ortho nitro benzene ring substituents is 1. The van der Waals surface area contributed by atoms with Crippen LogP contribution in [0.2, 0.25) is 0 Å². The lowest BCUT2D eigenvalue weighted by Gasteiger charge is -2.28. The Balaban J connectivity index is 2.02. The SMILES string of the molecule is COc1ccccc1N1C(=O)c2cccc3cc([N+](=O)[O-])cc(c23)C1=O. The molecule has 0 aliphatic carbocycles. The van der Waals surface area contributed by atoms with Crippen molar-refractivity contribution >= 4 is 34.0 Å². The predicted octanol–water partition coefficient (Wildman–Crippen LogP) is 3.56. The third kappa shape index (κ3) is 2.14. The Morgan fingerprint density at radius 3 is 2.42 bits per heavy atom. The van der Waals surface area contributed by atoms with Gasteiger partial charge in [-0.3, -0.25) is 19.7 Å². The van der Waals surface area contributed by atoms with E-state index in [-0.39, 0.29) is 11.3 Å². The number of ether oxygens (including phenoxy) is 1. The highest BCUT2D eigenvalue weighted by atomic mass is 16.6. The van der Waals surface area contributed by atoms with E-state index in [1.165, 1.54) is 19.2 Å². The van der Waals surface area contributed by atoms with Gasteiger partial charge in [-0.25, -0.2) is 4.90 Å². The number of anilines is 1. The van der Waals surface area contributed by atoms with Gasteiger partial charge in [0.1, 0.15) is 5.75 Å². The second kappa shape index (κ2) is 5.66. The molecule has 128 valence electrons. The van der Waals surface area contributed by atoms with Crippen molar-refractivity contribution in [1.29, 1.82) is 0 Å². The Labute approximate surface area is 147 Å². The third-order valence-electron chi connectivity index (χ3n) is 4.37. The van der Waals surface area contributed by atoms with Crippen LogP contribution in [0.4, 0.5) is 11.4 Å². The van der Waals surface area contributed by atoms with Gasteiger partial charge in [-0.2, -0.15) is 0 Å². The van der Waals surface area contributed by atoms with Gasteiger partial charge >= 0.3 is 0 Å². The van der Waals surface area contributed by atoms with Crippen LogP contribution in [0, 0.1) is 10.1 Å². The molecule has 3 aromatic carbocycles. The number of nitrogens with zero attached hydrogens (tertiary/aromatic N) is 2. The molecule has 0 bridgehead atoms. The molecule has 0 atom stereocenters. The molecule has 0 spiro atoms. The van der Waals surface area contributed by atoms with E-state index in [9.17, 15) is 19.7 Å². The molecule has 1 aliphatic rings. The first-order valence-corrected chi connectivity index (χ1v) is 7.76. The summed E-state index contributed by atoms with van der Waals surface area (Å²) < 4.78 is 5.26. The van der Waals surface area contributed by atoms with Crippen molar-refractivity contribution in [2.45, 2.75) is 0 Å². The molecule has 0 unspecified atom stereocenters. The molecule has 1 heterocycles. The Kier molecular flexibility index (Phi) is 3.43. The topological polar surface area (TPSA) is 89.8 Å². The quantitative estimate of drug-likeness (QED) is 0.410. The molecule has 2 amide bonds. The van der Waals surface area contributed by atoms with Gasteiger partial charge in [0, 0.05) is 23.1 Å². The highest BCUT2D eigenvalue weighted by Gasteiger charge is 2.36. The van der Waals surface area contributed by atoms with Gasteiger partial charge < -0.3 is 4.74 Å². The molecule has 0 saturated carbocycles. The zero-order valence-electron chi connectivity index (χ0n) is 13.6. The van der Waals surface area contributed by atoms with Gasteiger partial charge in [0.15, 0.2) is 0 Å². The van der Waals surface area contributed by atoms with Crippen LogP contribution >= 0.6 is 0 Å². The van der Waals surface area contributed by atoms with Gasteiger partial charge in [0.05, 0.1) is 23.3 Å². The van der Waals surface area contributed by atoms with Gasteiger partial charge in [-0.05, 0) is 23.6 Å². The average molecular weight is 348 g/mol. The molecule has 0 N–H and O–H groups in total. The monoisotopic (exact) mass is 348 g/mol. The molecule has 26 heavy (non-hydrogen) atoms. The zero-order valence-corrected chi connectivity index (χ0v) is 13.6. The summed E-state index contributed by atoms with van der Waals surface area (Å²) >= 11 is 0. The fourth-order valence-electron chi connectivity index (χ4n) is 3.23. The lowest BCUT2D eigenvalue weighted by Crippen LogP contribution is -2.40. The predicted molar refractivity (Wildman–Crippen MR) is 94.7 cm³/mol. The van der Waals surface area contributed by atoms with Crippen molar-refractivity contribution in [2.24, 2.45) is 0 Å². The number of para-hydroxylation sites is 2. The van der Waals surface area contributed by atoms with E-state index in [2.05, 4.69) is 0 Å². The number of hydrogen-bond acceptors (Lipinski definition) is 5. The normalized spacial score (nSPS) is 13.2. The first kappa shape index (κ1) is 15.8. The van der Waals surface area contributed by atoms with Crippen LogP contribution in [0.5, 0.6) is 5.75 Å². The van der Waals surface area contributed by atoms with Crippen molar-refractivity contribution in [3.05, 3.63) is 75.8 Å². The Morgan fingerprint density at radius 2 is 1.69 bits per heavy atom. The molecular formula is C19H12N2O5. The minimum absolute atomic E-state index is 0.121. The van der Waals surface area contributed by atoms with Crippen LogP contribution in [-0.4, -0.2) is 23.8 Å². The molecule has 7 nitrogen and oxygen atoms in total. The van der Waals surface area contributed by atoms with Crippen LogP contribution in [-0.2, 0) is 0 Å². The number of imide groups is 1. The van der Waals surface area contributed by atoms with Crippen molar-refractivity contribution in [3.63, 3.8) is 0 Å². The van der Waals surface area contributed by atoms with Crippen molar-refractivity contribution < 1.29 is 19.2 Å². The van der Waals surface area contributed by atoms with E-state index >= 15 is 0 Å². The fraction of sp³-hybridized carbons (Fsp3) is 0.0526. The molecule has 3 aromatic rings. The highest BCUT2D eigenvalue weighted by Crippen LogP contribution is 2.38. The fourth-order valence-corrected chi connectivity index (χ4v) is 3.23. The van der Waals surface area contributed by atoms with Crippen LogP contribution in [0.1, 0.15) is 20.7 Å². The van der Waals surface area contributed by atoms with Crippen molar-refractivity contribution in [2.75, 3.05) is 12.0 Å². The number of hydrogen-bond donors (Lipinski definition) is 0. The third-order valence-corrected chi connectivity index (χ3v) is 4.37. The second-order valence-electron chi connectivity index (χ2n) is 5.77. The number of nitro groups is 1. The lowest BCUT2D eigenvalue weighted by molar-refractivity contribution is -0.384. The maximum atomic E-state index is 13.1. The number of benzene rings is 3. The van der Waals surface area contributed by atoms with Crippen LogP contribution in [0.25, 0.3) is 10.8 Å². The number of methoxy groups -OCH3 is 1. The molecule has 4 rings (SSSR count). The average Bonchev–Trinajstić information content (AvgIpc) is 2.66. The number of amides is 2. The largest absolute Gasteiger partial charge is 0.495 e. The number of carbonyl (C=O) groups excluding carboxylic acids is 2. The summed E-state index contributed by atoms with van der Waals surface area (Å²) in [6, 6.07) is 14.1. The minimum atomic E-state index is -0.619. The first-order chi connectivity index (χ1) is 12.5.